The SMILES string of the molecule is Cc1ccc(CC2CCCC2O)o1. The lowest BCUT2D eigenvalue weighted by Gasteiger charge is -2.11. The molecule has 0 spiro atoms. The zero-order valence-electron chi connectivity index (χ0n) is 7.99. The standard InChI is InChI=1S/C11H16O2/c1-8-5-6-10(13-8)7-9-3-2-4-11(9)12/h5-6,9,11-12H,2-4,7H2,1H3. The second-order valence-electron chi connectivity index (χ2n) is 3.97. The highest BCUT2D eigenvalue weighted by molar-refractivity contribution is 5.06. The smallest absolute Gasteiger partial charge is 0.104 e. The van der Waals surface area contributed by atoms with Gasteiger partial charge in [0.25, 0.3) is 0 Å². The Hall–Kier alpha value is -0.760. The van der Waals surface area contributed by atoms with Crippen LogP contribution in [0.15, 0.2) is 16.5 Å². The molecule has 2 heteroatoms. The van der Waals surface area contributed by atoms with E-state index in [1.54, 1.807) is 0 Å². The normalized spacial score (nSPS) is 28.2. The van der Waals surface area contributed by atoms with Gasteiger partial charge in [0.05, 0.1) is 6.10 Å². The van der Waals surface area contributed by atoms with Crippen molar-refractivity contribution in [2.75, 3.05) is 0 Å². The number of aryl methyl sites for hydroxylation is 1. The topological polar surface area (TPSA) is 33.4 Å². The van der Waals surface area contributed by atoms with Gasteiger partial charge in [0.2, 0.25) is 0 Å². The average Bonchev–Trinajstić information content (AvgIpc) is 2.64. The Morgan fingerprint density at radius 1 is 1.46 bits per heavy atom. The van der Waals surface area contributed by atoms with Gasteiger partial charge in [0.1, 0.15) is 11.5 Å². The molecule has 1 saturated carbocycles. The molecule has 0 bridgehead atoms. The van der Waals surface area contributed by atoms with Gasteiger partial charge in [-0.25, -0.2) is 0 Å². The first kappa shape index (κ1) is 8.82. The summed E-state index contributed by atoms with van der Waals surface area (Å²) in [5.74, 6) is 2.40. The molecule has 0 aromatic carbocycles. The Labute approximate surface area is 78.6 Å². The van der Waals surface area contributed by atoms with Gasteiger partial charge < -0.3 is 9.52 Å². The van der Waals surface area contributed by atoms with E-state index in [0.717, 1.165) is 37.2 Å². The Kier molecular flexibility index (Phi) is 2.40. The number of aliphatic hydroxyl groups excluding tert-OH is 1. The maximum Gasteiger partial charge on any atom is 0.104 e. The van der Waals surface area contributed by atoms with Crippen LogP contribution in [0.25, 0.3) is 0 Å². The predicted octanol–water partition coefficient (Wildman–Crippen LogP) is 2.29. The summed E-state index contributed by atoms with van der Waals surface area (Å²) in [4.78, 5) is 0. The maximum absolute atomic E-state index is 9.62. The number of hydrogen-bond donors (Lipinski definition) is 1. The van der Waals surface area contributed by atoms with Crippen LogP contribution in [0.4, 0.5) is 0 Å². The molecule has 1 aromatic heterocycles. The molecule has 0 amide bonds. The van der Waals surface area contributed by atoms with Crippen LogP contribution in [0, 0.1) is 12.8 Å². The van der Waals surface area contributed by atoms with Gasteiger partial charge in [-0.15, -0.1) is 0 Å². The Balaban J connectivity index is 1.97. The van der Waals surface area contributed by atoms with E-state index in [1.807, 2.05) is 19.1 Å². The Morgan fingerprint density at radius 3 is 2.85 bits per heavy atom. The fraction of sp³-hybridized carbons (Fsp3) is 0.636. The van der Waals surface area contributed by atoms with Crippen LogP contribution in [0.1, 0.15) is 30.8 Å². The number of rotatable bonds is 2. The van der Waals surface area contributed by atoms with E-state index in [1.165, 1.54) is 0 Å². The third-order valence-corrected chi connectivity index (χ3v) is 2.88. The molecular formula is C11H16O2. The van der Waals surface area contributed by atoms with Gasteiger partial charge in [-0.1, -0.05) is 6.42 Å². The molecule has 1 aliphatic carbocycles. The van der Waals surface area contributed by atoms with Crippen LogP contribution >= 0.6 is 0 Å². The van der Waals surface area contributed by atoms with Gasteiger partial charge >= 0.3 is 0 Å². The summed E-state index contributed by atoms with van der Waals surface area (Å²) in [6, 6.07) is 4.00. The highest BCUT2D eigenvalue weighted by Crippen LogP contribution is 2.28. The third kappa shape index (κ3) is 1.94. The molecule has 1 N–H and O–H groups in total. The summed E-state index contributed by atoms with van der Waals surface area (Å²) in [6.45, 7) is 1.95. The van der Waals surface area contributed by atoms with E-state index in [2.05, 4.69) is 0 Å². The summed E-state index contributed by atoms with van der Waals surface area (Å²) in [6.07, 6.45) is 4.05. The Morgan fingerprint density at radius 2 is 2.31 bits per heavy atom. The highest BCUT2D eigenvalue weighted by Gasteiger charge is 2.25. The van der Waals surface area contributed by atoms with Crippen molar-refractivity contribution in [1.82, 2.24) is 0 Å². The highest BCUT2D eigenvalue weighted by atomic mass is 16.3. The van der Waals surface area contributed by atoms with Crippen molar-refractivity contribution in [2.24, 2.45) is 5.92 Å². The van der Waals surface area contributed by atoms with Crippen molar-refractivity contribution < 1.29 is 9.52 Å². The number of hydrogen-bond acceptors (Lipinski definition) is 2. The molecule has 13 heavy (non-hydrogen) atoms. The van der Waals surface area contributed by atoms with E-state index in [4.69, 9.17) is 4.42 Å². The summed E-state index contributed by atoms with van der Waals surface area (Å²) in [7, 11) is 0. The van der Waals surface area contributed by atoms with Gasteiger partial charge in [0, 0.05) is 6.42 Å². The molecule has 0 saturated heterocycles. The maximum atomic E-state index is 9.62. The summed E-state index contributed by atoms with van der Waals surface area (Å²) in [5, 5.41) is 9.62. The van der Waals surface area contributed by atoms with E-state index in [9.17, 15) is 5.11 Å². The fourth-order valence-corrected chi connectivity index (χ4v) is 2.11. The molecule has 2 atom stereocenters. The van der Waals surface area contributed by atoms with Crippen molar-refractivity contribution in [1.29, 1.82) is 0 Å². The monoisotopic (exact) mass is 180 g/mol. The van der Waals surface area contributed by atoms with Gasteiger partial charge in [-0.2, -0.15) is 0 Å². The molecule has 0 aliphatic heterocycles. The van der Waals surface area contributed by atoms with Gasteiger partial charge in [-0.05, 0) is 37.8 Å². The first-order valence-electron chi connectivity index (χ1n) is 4.99. The molecule has 2 nitrogen and oxygen atoms in total. The largest absolute Gasteiger partial charge is 0.466 e. The zero-order chi connectivity index (χ0) is 9.26. The van der Waals surface area contributed by atoms with Crippen LogP contribution in [0.2, 0.25) is 0 Å². The molecule has 1 aromatic rings. The lowest BCUT2D eigenvalue weighted by Crippen LogP contribution is -2.15. The van der Waals surface area contributed by atoms with Crippen LogP contribution in [-0.4, -0.2) is 11.2 Å². The van der Waals surface area contributed by atoms with Crippen molar-refractivity contribution in [3.8, 4) is 0 Å². The predicted molar refractivity (Wildman–Crippen MR) is 50.5 cm³/mol. The first-order chi connectivity index (χ1) is 6.25. The van der Waals surface area contributed by atoms with Gasteiger partial charge in [-0.3, -0.25) is 0 Å². The first-order valence-corrected chi connectivity index (χ1v) is 4.99. The molecule has 0 radical (unpaired) electrons. The van der Waals surface area contributed by atoms with Gasteiger partial charge in [0.15, 0.2) is 0 Å². The molecule has 2 unspecified atom stereocenters. The number of aliphatic hydroxyl groups is 1. The van der Waals surface area contributed by atoms with E-state index in [-0.39, 0.29) is 6.10 Å². The molecule has 2 rings (SSSR count). The van der Waals surface area contributed by atoms with Crippen molar-refractivity contribution in [3.05, 3.63) is 23.7 Å². The van der Waals surface area contributed by atoms with E-state index >= 15 is 0 Å². The fourth-order valence-electron chi connectivity index (χ4n) is 2.11. The minimum Gasteiger partial charge on any atom is -0.466 e. The van der Waals surface area contributed by atoms with Crippen LogP contribution in [-0.2, 0) is 6.42 Å². The average molecular weight is 180 g/mol. The summed E-state index contributed by atoms with van der Waals surface area (Å²) < 4.78 is 5.48. The van der Waals surface area contributed by atoms with E-state index in [0.29, 0.717) is 5.92 Å². The molecule has 1 fully saturated rings. The van der Waals surface area contributed by atoms with E-state index < -0.39 is 0 Å². The van der Waals surface area contributed by atoms with Crippen LogP contribution in [0.3, 0.4) is 0 Å². The molecule has 1 aliphatic rings. The minimum atomic E-state index is -0.106. The van der Waals surface area contributed by atoms with Crippen LogP contribution < -0.4 is 0 Å². The minimum absolute atomic E-state index is 0.106. The lowest BCUT2D eigenvalue weighted by atomic mass is 10.0. The quantitative estimate of drug-likeness (QED) is 0.757. The molecule has 72 valence electrons. The second kappa shape index (κ2) is 3.54. The van der Waals surface area contributed by atoms with Crippen molar-refractivity contribution >= 4 is 0 Å². The van der Waals surface area contributed by atoms with Crippen molar-refractivity contribution in [3.63, 3.8) is 0 Å². The third-order valence-electron chi connectivity index (χ3n) is 2.88. The summed E-state index contributed by atoms with van der Waals surface area (Å²) >= 11 is 0. The number of furan rings is 1. The molecular weight excluding hydrogens is 164 g/mol. The molecule has 1 heterocycles. The zero-order valence-corrected chi connectivity index (χ0v) is 7.99. The Bertz CT molecular complexity index is 277. The second-order valence-corrected chi connectivity index (χ2v) is 3.97. The van der Waals surface area contributed by atoms with Crippen molar-refractivity contribution in [2.45, 2.75) is 38.7 Å². The summed E-state index contributed by atoms with van der Waals surface area (Å²) in [5.41, 5.74) is 0. The van der Waals surface area contributed by atoms with Crippen LogP contribution in [0.5, 0.6) is 0 Å². The lowest BCUT2D eigenvalue weighted by molar-refractivity contribution is 0.129.